The molecule has 6 aromatic rings. The number of hydrogen-bond acceptors (Lipinski definition) is 4. The summed E-state index contributed by atoms with van der Waals surface area (Å²) in [6, 6.07) is 41.2. The molecule has 0 fully saturated rings. The molecule has 34 heavy (non-hydrogen) atoms. The summed E-state index contributed by atoms with van der Waals surface area (Å²) in [5.74, 6) is 0. The fourth-order valence-corrected chi connectivity index (χ4v) is 4.22. The number of rotatable bonds is 6. The second kappa shape index (κ2) is 8.68. The standard InChI is InChI=1S/C30H23N3O/c1-2-7-22(8-3-1)31-23-17-19-25(20-18-23)33-32-24-15-13-21(14-16-24)26-10-6-12-29-30(26)27-9-4-5-11-28(27)34-29/h1-20,31-33H. The zero-order chi connectivity index (χ0) is 22.7. The predicted molar refractivity (Wildman–Crippen MR) is 143 cm³/mol. The monoisotopic (exact) mass is 441 g/mol. The van der Waals surface area contributed by atoms with Crippen molar-refractivity contribution in [2.45, 2.75) is 0 Å². The molecule has 0 bridgehead atoms. The van der Waals surface area contributed by atoms with Crippen LogP contribution in [0.15, 0.2) is 126 Å². The van der Waals surface area contributed by atoms with E-state index in [1.165, 1.54) is 5.56 Å². The van der Waals surface area contributed by atoms with Crippen LogP contribution in [-0.2, 0) is 0 Å². The van der Waals surface area contributed by atoms with Gasteiger partial charge >= 0.3 is 0 Å². The van der Waals surface area contributed by atoms with Gasteiger partial charge in [0.25, 0.3) is 0 Å². The zero-order valence-corrected chi connectivity index (χ0v) is 18.5. The first-order valence-corrected chi connectivity index (χ1v) is 11.3. The van der Waals surface area contributed by atoms with Crippen LogP contribution in [0, 0.1) is 0 Å². The lowest BCUT2D eigenvalue weighted by atomic mass is 9.99. The summed E-state index contributed by atoms with van der Waals surface area (Å²) in [7, 11) is 0. The van der Waals surface area contributed by atoms with Gasteiger partial charge in [0.15, 0.2) is 0 Å². The number of anilines is 4. The van der Waals surface area contributed by atoms with Crippen molar-refractivity contribution in [1.82, 2.24) is 0 Å². The molecule has 5 aromatic carbocycles. The predicted octanol–water partition coefficient (Wildman–Crippen LogP) is 8.44. The third-order valence-electron chi connectivity index (χ3n) is 5.90. The minimum absolute atomic E-state index is 0.910. The van der Waals surface area contributed by atoms with Gasteiger partial charge in [-0.1, -0.05) is 60.7 Å². The Morgan fingerprint density at radius 2 is 1.03 bits per heavy atom. The van der Waals surface area contributed by atoms with Crippen LogP contribution in [0.1, 0.15) is 0 Å². The average Bonchev–Trinajstić information content (AvgIpc) is 3.28. The molecule has 0 saturated carbocycles. The Bertz CT molecular complexity index is 1550. The van der Waals surface area contributed by atoms with Crippen molar-refractivity contribution in [1.29, 1.82) is 0 Å². The number of fused-ring (bicyclic) bond motifs is 3. The van der Waals surface area contributed by atoms with Crippen molar-refractivity contribution in [2.75, 3.05) is 16.2 Å². The molecule has 0 aliphatic heterocycles. The van der Waals surface area contributed by atoms with Crippen molar-refractivity contribution in [3.8, 4) is 11.1 Å². The van der Waals surface area contributed by atoms with Gasteiger partial charge in [0.1, 0.15) is 11.2 Å². The van der Waals surface area contributed by atoms with E-state index in [0.29, 0.717) is 0 Å². The molecule has 4 heteroatoms. The maximum atomic E-state index is 6.04. The van der Waals surface area contributed by atoms with Crippen LogP contribution in [0.4, 0.5) is 22.7 Å². The van der Waals surface area contributed by atoms with E-state index in [1.54, 1.807) is 0 Å². The van der Waals surface area contributed by atoms with E-state index in [1.807, 2.05) is 66.7 Å². The van der Waals surface area contributed by atoms with Gasteiger partial charge in [-0.05, 0) is 71.8 Å². The van der Waals surface area contributed by atoms with E-state index in [2.05, 4.69) is 70.8 Å². The smallest absolute Gasteiger partial charge is 0.136 e. The lowest BCUT2D eigenvalue weighted by molar-refractivity contribution is 0.669. The first-order valence-electron chi connectivity index (χ1n) is 11.3. The second-order valence-corrected chi connectivity index (χ2v) is 8.17. The molecule has 0 saturated heterocycles. The van der Waals surface area contributed by atoms with Gasteiger partial charge in [-0.2, -0.15) is 0 Å². The molecule has 0 aliphatic carbocycles. The van der Waals surface area contributed by atoms with Crippen LogP contribution in [0.3, 0.4) is 0 Å². The first-order chi connectivity index (χ1) is 16.8. The summed E-state index contributed by atoms with van der Waals surface area (Å²) < 4.78 is 6.04. The number of nitrogens with one attached hydrogen (secondary N) is 3. The second-order valence-electron chi connectivity index (χ2n) is 8.17. The average molecular weight is 442 g/mol. The van der Waals surface area contributed by atoms with Gasteiger partial charge in [-0.15, -0.1) is 0 Å². The Morgan fingerprint density at radius 3 is 1.79 bits per heavy atom. The fraction of sp³-hybridized carbons (Fsp3) is 0. The van der Waals surface area contributed by atoms with Gasteiger partial charge in [-0.3, -0.25) is 0 Å². The third kappa shape index (κ3) is 3.93. The van der Waals surface area contributed by atoms with Crippen LogP contribution in [0.25, 0.3) is 33.1 Å². The summed E-state index contributed by atoms with van der Waals surface area (Å²) in [5, 5.41) is 5.69. The molecular formula is C30H23N3O. The maximum Gasteiger partial charge on any atom is 0.136 e. The van der Waals surface area contributed by atoms with Crippen molar-refractivity contribution in [3.63, 3.8) is 0 Å². The van der Waals surface area contributed by atoms with Gasteiger partial charge in [-0.25, -0.2) is 0 Å². The molecule has 0 atom stereocenters. The molecule has 6 rings (SSSR count). The number of hydrogen-bond donors (Lipinski definition) is 3. The van der Waals surface area contributed by atoms with Crippen molar-refractivity contribution >= 4 is 44.7 Å². The van der Waals surface area contributed by atoms with Crippen molar-refractivity contribution < 1.29 is 4.42 Å². The topological polar surface area (TPSA) is 49.2 Å². The minimum Gasteiger partial charge on any atom is -0.456 e. The Hall–Kier alpha value is -4.70. The van der Waals surface area contributed by atoms with E-state index >= 15 is 0 Å². The van der Waals surface area contributed by atoms with E-state index in [9.17, 15) is 0 Å². The van der Waals surface area contributed by atoms with E-state index < -0.39 is 0 Å². The largest absolute Gasteiger partial charge is 0.456 e. The molecule has 164 valence electrons. The van der Waals surface area contributed by atoms with Crippen molar-refractivity contribution in [2.24, 2.45) is 0 Å². The van der Waals surface area contributed by atoms with Crippen LogP contribution in [-0.4, -0.2) is 0 Å². The SMILES string of the molecule is c1ccc(Nc2ccc(NNc3ccc(-c4cccc5oc6ccccc6c45)cc3)cc2)cc1. The molecule has 0 amide bonds. The molecule has 3 N–H and O–H groups in total. The molecule has 0 radical (unpaired) electrons. The van der Waals surface area contributed by atoms with Gasteiger partial charge < -0.3 is 20.6 Å². The normalized spacial score (nSPS) is 10.9. The van der Waals surface area contributed by atoms with E-state index in [4.69, 9.17) is 4.42 Å². The summed E-state index contributed by atoms with van der Waals surface area (Å²) in [5.41, 5.74) is 14.8. The molecule has 0 spiro atoms. The van der Waals surface area contributed by atoms with E-state index in [-0.39, 0.29) is 0 Å². The molecule has 4 nitrogen and oxygen atoms in total. The third-order valence-corrected chi connectivity index (χ3v) is 5.90. The molecule has 0 unspecified atom stereocenters. The first kappa shape index (κ1) is 19.9. The number of para-hydroxylation sites is 2. The number of hydrazine groups is 1. The molecular weight excluding hydrogens is 418 g/mol. The van der Waals surface area contributed by atoms with Crippen molar-refractivity contribution in [3.05, 3.63) is 121 Å². The van der Waals surface area contributed by atoms with Crippen LogP contribution in [0.5, 0.6) is 0 Å². The highest BCUT2D eigenvalue weighted by molar-refractivity contribution is 6.12. The summed E-state index contributed by atoms with van der Waals surface area (Å²) in [6.45, 7) is 0. The maximum absolute atomic E-state index is 6.04. The zero-order valence-electron chi connectivity index (χ0n) is 18.5. The minimum atomic E-state index is 0.910. The van der Waals surface area contributed by atoms with Crippen LogP contribution < -0.4 is 16.2 Å². The lowest BCUT2D eigenvalue weighted by Gasteiger charge is -2.12. The highest BCUT2D eigenvalue weighted by Crippen LogP contribution is 2.36. The lowest BCUT2D eigenvalue weighted by Crippen LogP contribution is -2.08. The molecule has 0 aliphatic rings. The number of furan rings is 1. The van der Waals surface area contributed by atoms with Gasteiger partial charge in [0, 0.05) is 22.1 Å². The summed E-state index contributed by atoms with van der Waals surface area (Å²) in [6.07, 6.45) is 0. The molecule has 1 aromatic heterocycles. The van der Waals surface area contributed by atoms with Gasteiger partial charge in [0.2, 0.25) is 0 Å². The summed E-state index contributed by atoms with van der Waals surface area (Å²) in [4.78, 5) is 0. The highest BCUT2D eigenvalue weighted by atomic mass is 16.3. The van der Waals surface area contributed by atoms with Gasteiger partial charge in [0.05, 0.1) is 11.4 Å². The highest BCUT2D eigenvalue weighted by Gasteiger charge is 2.11. The van der Waals surface area contributed by atoms with E-state index in [0.717, 1.165) is 50.3 Å². The van der Waals surface area contributed by atoms with Crippen LogP contribution >= 0.6 is 0 Å². The Kier molecular flexibility index (Phi) is 5.09. The Labute approximate surface area is 197 Å². The summed E-state index contributed by atoms with van der Waals surface area (Å²) >= 11 is 0. The Balaban J connectivity index is 1.17. The Morgan fingerprint density at radius 1 is 0.441 bits per heavy atom. The fourth-order valence-electron chi connectivity index (χ4n) is 4.22. The quantitative estimate of drug-likeness (QED) is 0.227. The number of benzene rings is 5. The van der Waals surface area contributed by atoms with Crippen LogP contribution in [0.2, 0.25) is 0 Å². The molecule has 1 heterocycles.